The lowest BCUT2D eigenvalue weighted by molar-refractivity contribution is 0.152. The van der Waals surface area contributed by atoms with E-state index in [0.717, 1.165) is 6.42 Å². The number of carbonyl (C=O) groups excluding carboxylic acids is 1. The Balaban J connectivity index is 2.18. The lowest BCUT2D eigenvalue weighted by Gasteiger charge is -2.03. The van der Waals surface area contributed by atoms with Crippen LogP contribution >= 0.6 is 0 Å². The molecule has 0 atom stereocenters. The summed E-state index contributed by atoms with van der Waals surface area (Å²) in [6.45, 7) is 2.82. The second kappa shape index (κ2) is 5.32. The SMILES string of the molecule is CCOC(=O)NCCc1ccn(C)c1. The highest BCUT2D eigenvalue weighted by Gasteiger charge is 1.99. The first-order valence-electron chi connectivity index (χ1n) is 4.74. The first-order chi connectivity index (χ1) is 6.72. The van der Waals surface area contributed by atoms with Crippen molar-refractivity contribution in [2.24, 2.45) is 7.05 Å². The molecule has 1 rings (SSSR count). The number of ether oxygens (including phenoxy) is 1. The van der Waals surface area contributed by atoms with Gasteiger partial charge < -0.3 is 14.6 Å². The van der Waals surface area contributed by atoms with Crippen molar-refractivity contribution in [3.05, 3.63) is 24.0 Å². The highest BCUT2D eigenvalue weighted by molar-refractivity contribution is 5.66. The molecule has 0 aliphatic carbocycles. The van der Waals surface area contributed by atoms with Gasteiger partial charge in [0.15, 0.2) is 0 Å². The van der Waals surface area contributed by atoms with E-state index in [4.69, 9.17) is 4.74 Å². The molecule has 4 nitrogen and oxygen atoms in total. The van der Waals surface area contributed by atoms with Gasteiger partial charge in [-0.1, -0.05) is 0 Å². The molecule has 0 bridgehead atoms. The summed E-state index contributed by atoms with van der Waals surface area (Å²) >= 11 is 0. The summed E-state index contributed by atoms with van der Waals surface area (Å²) in [4.78, 5) is 10.9. The van der Waals surface area contributed by atoms with Gasteiger partial charge in [0.1, 0.15) is 0 Å². The number of carbonyl (C=O) groups is 1. The number of nitrogens with one attached hydrogen (secondary N) is 1. The number of hydrogen-bond acceptors (Lipinski definition) is 2. The first-order valence-corrected chi connectivity index (χ1v) is 4.74. The summed E-state index contributed by atoms with van der Waals surface area (Å²) in [5.41, 5.74) is 1.21. The molecule has 0 aromatic carbocycles. The maximum atomic E-state index is 10.9. The van der Waals surface area contributed by atoms with Crippen LogP contribution in [0.1, 0.15) is 12.5 Å². The Bertz CT molecular complexity index is 294. The fourth-order valence-corrected chi connectivity index (χ4v) is 1.20. The van der Waals surface area contributed by atoms with Crippen LogP contribution in [-0.2, 0) is 18.2 Å². The topological polar surface area (TPSA) is 43.3 Å². The number of amides is 1. The Labute approximate surface area is 83.9 Å². The number of nitrogens with zero attached hydrogens (tertiary/aromatic N) is 1. The molecule has 0 fully saturated rings. The molecule has 1 aromatic heterocycles. The van der Waals surface area contributed by atoms with E-state index >= 15 is 0 Å². The molecule has 0 saturated carbocycles. The van der Waals surface area contributed by atoms with Crippen molar-refractivity contribution in [2.75, 3.05) is 13.2 Å². The largest absolute Gasteiger partial charge is 0.450 e. The molecule has 4 heteroatoms. The van der Waals surface area contributed by atoms with E-state index in [0.29, 0.717) is 13.2 Å². The quantitative estimate of drug-likeness (QED) is 0.789. The van der Waals surface area contributed by atoms with Crippen LogP contribution in [0.2, 0.25) is 0 Å². The number of aryl methyl sites for hydroxylation is 1. The summed E-state index contributed by atoms with van der Waals surface area (Å²) in [7, 11) is 1.97. The van der Waals surface area contributed by atoms with Gasteiger partial charge in [-0.05, 0) is 25.0 Å². The predicted octanol–water partition coefficient (Wildman–Crippen LogP) is 1.31. The lowest BCUT2D eigenvalue weighted by Crippen LogP contribution is -2.26. The van der Waals surface area contributed by atoms with E-state index in [1.165, 1.54) is 5.56 Å². The minimum atomic E-state index is -0.344. The van der Waals surface area contributed by atoms with Gasteiger partial charge in [0.25, 0.3) is 0 Å². The van der Waals surface area contributed by atoms with Gasteiger partial charge in [-0.25, -0.2) is 4.79 Å². The maximum absolute atomic E-state index is 10.9. The molecule has 0 spiro atoms. The standard InChI is InChI=1S/C10H16N2O2/c1-3-14-10(13)11-6-4-9-5-7-12(2)8-9/h5,7-8H,3-4,6H2,1-2H3,(H,11,13). The molecule has 0 aliphatic heterocycles. The zero-order chi connectivity index (χ0) is 10.4. The highest BCUT2D eigenvalue weighted by Crippen LogP contribution is 1.99. The summed E-state index contributed by atoms with van der Waals surface area (Å²) in [5, 5.41) is 2.67. The molecule has 0 aliphatic rings. The second-order valence-electron chi connectivity index (χ2n) is 3.08. The van der Waals surface area contributed by atoms with Crippen molar-refractivity contribution in [1.82, 2.24) is 9.88 Å². The normalized spacial score (nSPS) is 9.86. The smallest absolute Gasteiger partial charge is 0.407 e. The molecule has 0 radical (unpaired) electrons. The van der Waals surface area contributed by atoms with Crippen LogP contribution in [-0.4, -0.2) is 23.8 Å². The third kappa shape index (κ3) is 3.51. The van der Waals surface area contributed by atoms with E-state index in [-0.39, 0.29) is 6.09 Å². The molecule has 0 saturated heterocycles. The van der Waals surface area contributed by atoms with Gasteiger partial charge in [0.05, 0.1) is 6.61 Å². The summed E-state index contributed by atoms with van der Waals surface area (Å²) in [6, 6.07) is 2.03. The Morgan fingerprint density at radius 2 is 2.43 bits per heavy atom. The van der Waals surface area contributed by atoms with Crippen molar-refractivity contribution in [1.29, 1.82) is 0 Å². The van der Waals surface area contributed by atoms with E-state index in [9.17, 15) is 4.79 Å². The molecular weight excluding hydrogens is 180 g/mol. The highest BCUT2D eigenvalue weighted by atomic mass is 16.5. The number of alkyl carbamates (subject to hydrolysis) is 1. The predicted molar refractivity (Wildman–Crippen MR) is 54.1 cm³/mol. The monoisotopic (exact) mass is 196 g/mol. The third-order valence-electron chi connectivity index (χ3n) is 1.85. The van der Waals surface area contributed by atoms with Gasteiger partial charge in [0, 0.05) is 26.0 Å². The minimum absolute atomic E-state index is 0.344. The Hall–Kier alpha value is -1.45. The molecule has 0 unspecified atom stereocenters. The van der Waals surface area contributed by atoms with Crippen molar-refractivity contribution < 1.29 is 9.53 Å². The maximum Gasteiger partial charge on any atom is 0.407 e. The zero-order valence-electron chi connectivity index (χ0n) is 8.62. The fourth-order valence-electron chi connectivity index (χ4n) is 1.20. The average Bonchev–Trinajstić information content (AvgIpc) is 2.52. The Morgan fingerprint density at radius 1 is 1.64 bits per heavy atom. The Morgan fingerprint density at radius 3 is 3.00 bits per heavy atom. The number of hydrogen-bond donors (Lipinski definition) is 1. The number of rotatable bonds is 4. The second-order valence-corrected chi connectivity index (χ2v) is 3.08. The first kappa shape index (κ1) is 10.6. The number of aromatic nitrogens is 1. The van der Waals surface area contributed by atoms with Crippen LogP contribution in [0, 0.1) is 0 Å². The van der Waals surface area contributed by atoms with Crippen LogP contribution in [0.15, 0.2) is 18.5 Å². The molecule has 14 heavy (non-hydrogen) atoms. The van der Waals surface area contributed by atoms with Crippen molar-refractivity contribution >= 4 is 6.09 Å². The van der Waals surface area contributed by atoms with Crippen LogP contribution in [0.5, 0.6) is 0 Å². The minimum Gasteiger partial charge on any atom is -0.450 e. The van der Waals surface area contributed by atoms with Gasteiger partial charge in [-0.3, -0.25) is 0 Å². The molecule has 1 heterocycles. The molecule has 1 amide bonds. The molecule has 78 valence electrons. The molecule has 1 N–H and O–H groups in total. The lowest BCUT2D eigenvalue weighted by atomic mass is 10.2. The summed E-state index contributed by atoms with van der Waals surface area (Å²) in [6.07, 6.45) is 4.51. The van der Waals surface area contributed by atoms with E-state index in [1.807, 2.05) is 30.1 Å². The van der Waals surface area contributed by atoms with Crippen LogP contribution in [0.4, 0.5) is 4.79 Å². The van der Waals surface area contributed by atoms with E-state index in [1.54, 1.807) is 6.92 Å². The third-order valence-corrected chi connectivity index (χ3v) is 1.85. The van der Waals surface area contributed by atoms with Crippen LogP contribution in [0.3, 0.4) is 0 Å². The molecule has 1 aromatic rings. The van der Waals surface area contributed by atoms with Crippen molar-refractivity contribution in [3.63, 3.8) is 0 Å². The van der Waals surface area contributed by atoms with Gasteiger partial charge in [-0.2, -0.15) is 0 Å². The average molecular weight is 196 g/mol. The fraction of sp³-hybridized carbons (Fsp3) is 0.500. The summed E-state index contributed by atoms with van der Waals surface area (Å²) < 4.78 is 6.72. The van der Waals surface area contributed by atoms with Crippen molar-refractivity contribution in [2.45, 2.75) is 13.3 Å². The summed E-state index contributed by atoms with van der Waals surface area (Å²) in [5.74, 6) is 0. The van der Waals surface area contributed by atoms with E-state index < -0.39 is 0 Å². The van der Waals surface area contributed by atoms with Gasteiger partial charge in [-0.15, -0.1) is 0 Å². The zero-order valence-corrected chi connectivity index (χ0v) is 8.62. The molecular formula is C10H16N2O2. The van der Waals surface area contributed by atoms with Crippen LogP contribution in [0.25, 0.3) is 0 Å². The van der Waals surface area contributed by atoms with Crippen molar-refractivity contribution in [3.8, 4) is 0 Å². The van der Waals surface area contributed by atoms with Crippen LogP contribution < -0.4 is 5.32 Å². The van der Waals surface area contributed by atoms with E-state index in [2.05, 4.69) is 5.32 Å². The Kier molecular flexibility index (Phi) is 4.04. The van der Waals surface area contributed by atoms with Gasteiger partial charge >= 0.3 is 6.09 Å². The van der Waals surface area contributed by atoms with Gasteiger partial charge in [0.2, 0.25) is 0 Å².